The lowest BCUT2D eigenvalue weighted by Gasteiger charge is -2.09. The van der Waals surface area contributed by atoms with Crippen molar-refractivity contribution in [2.75, 3.05) is 5.75 Å². The molecule has 2 aromatic carbocycles. The molecule has 0 unspecified atom stereocenters. The smallest absolute Gasteiger partial charge is 0.311 e. The minimum Gasteiger partial charge on any atom is -0.425 e. The van der Waals surface area contributed by atoms with Gasteiger partial charge in [0, 0.05) is 16.6 Å². The number of para-hydroxylation sites is 1. The van der Waals surface area contributed by atoms with Crippen LogP contribution in [-0.2, 0) is 4.79 Å². The predicted octanol–water partition coefficient (Wildman–Crippen LogP) is 6.50. The fourth-order valence-electron chi connectivity index (χ4n) is 2.27. The molecule has 3 rings (SSSR count). The molecule has 130 valence electrons. The van der Waals surface area contributed by atoms with E-state index in [2.05, 4.69) is 27.0 Å². The van der Waals surface area contributed by atoms with E-state index >= 15 is 0 Å². The number of ether oxygens (including phenoxy) is 1. The zero-order valence-electron chi connectivity index (χ0n) is 13.4. The van der Waals surface area contributed by atoms with Crippen LogP contribution in [0.3, 0.4) is 0 Å². The SMILES string of the molecule is Cc1cc(Br)cc(Cl)c1OC(=O)CCCSc1nc2ccccc2s1. The van der Waals surface area contributed by atoms with Gasteiger partial charge in [-0.3, -0.25) is 4.79 Å². The van der Waals surface area contributed by atoms with Crippen molar-refractivity contribution in [2.45, 2.75) is 24.1 Å². The summed E-state index contributed by atoms with van der Waals surface area (Å²) in [6.45, 7) is 1.86. The first-order valence-corrected chi connectivity index (χ1v) is 10.6. The normalized spacial score (nSPS) is 11.0. The summed E-state index contributed by atoms with van der Waals surface area (Å²) in [4.78, 5) is 16.6. The Morgan fingerprint density at radius 2 is 2.16 bits per heavy atom. The Balaban J connectivity index is 1.48. The summed E-state index contributed by atoms with van der Waals surface area (Å²) in [5, 5.41) is 0.434. The molecular formula is C18H15BrClNO2S2. The molecular weight excluding hydrogens is 442 g/mol. The lowest BCUT2D eigenvalue weighted by Crippen LogP contribution is -2.09. The highest BCUT2D eigenvalue weighted by Gasteiger charge is 2.12. The molecule has 1 aromatic heterocycles. The van der Waals surface area contributed by atoms with Crippen LogP contribution >= 0.6 is 50.6 Å². The highest BCUT2D eigenvalue weighted by atomic mass is 79.9. The Labute approximate surface area is 167 Å². The zero-order chi connectivity index (χ0) is 17.8. The third-order valence-electron chi connectivity index (χ3n) is 3.44. The first-order valence-electron chi connectivity index (χ1n) is 7.67. The van der Waals surface area contributed by atoms with Crippen LogP contribution in [0, 0.1) is 6.92 Å². The molecule has 0 saturated carbocycles. The molecule has 0 aliphatic heterocycles. The average Bonchev–Trinajstić information content (AvgIpc) is 2.97. The lowest BCUT2D eigenvalue weighted by molar-refractivity contribution is -0.134. The molecule has 3 nitrogen and oxygen atoms in total. The van der Waals surface area contributed by atoms with E-state index in [9.17, 15) is 4.79 Å². The van der Waals surface area contributed by atoms with Crippen molar-refractivity contribution in [3.63, 3.8) is 0 Å². The summed E-state index contributed by atoms with van der Waals surface area (Å²) in [5.41, 5.74) is 1.85. The molecule has 0 N–H and O–H groups in total. The number of nitrogens with zero attached hydrogens (tertiary/aromatic N) is 1. The zero-order valence-corrected chi connectivity index (χ0v) is 17.4. The molecule has 0 aliphatic rings. The number of aromatic nitrogens is 1. The third kappa shape index (κ3) is 4.97. The average molecular weight is 457 g/mol. The van der Waals surface area contributed by atoms with Gasteiger partial charge in [0.1, 0.15) is 0 Å². The number of hydrogen-bond acceptors (Lipinski definition) is 5. The molecule has 0 radical (unpaired) electrons. The molecule has 25 heavy (non-hydrogen) atoms. The number of fused-ring (bicyclic) bond motifs is 1. The fourth-order valence-corrected chi connectivity index (χ4v) is 5.36. The number of rotatable bonds is 6. The van der Waals surface area contributed by atoms with E-state index < -0.39 is 0 Å². The molecule has 0 spiro atoms. The molecule has 0 bridgehead atoms. The highest BCUT2D eigenvalue weighted by molar-refractivity contribution is 9.10. The first-order chi connectivity index (χ1) is 12.0. The molecule has 0 fully saturated rings. The molecule has 7 heteroatoms. The second-order valence-electron chi connectivity index (χ2n) is 5.41. The molecule has 1 heterocycles. The van der Waals surface area contributed by atoms with E-state index in [-0.39, 0.29) is 5.97 Å². The number of thiazole rings is 1. The second-order valence-corrected chi connectivity index (χ2v) is 9.10. The molecule has 0 saturated heterocycles. The summed E-state index contributed by atoms with van der Waals surface area (Å²) in [5.74, 6) is 0.994. The van der Waals surface area contributed by atoms with Gasteiger partial charge in [0.05, 0.1) is 15.2 Å². The quantitative estimate of drug-likeness (QED) is 0.184. The van der Waals surface area contributed by atoms with Gasteiger partial charge in [-0.25, -0.2) is 4.98 Å². The Morgan fingerprint density at radius 3 is 2.92 bits per heavy atom. The van der Waals surface area contributed by atoms with Crippen LogP contribution in [0.5, 0.6) is 5.75 Å². The van der Waals surface area contributed by atoms with Gasteiger partial charge in [0.15, 0.2) is 10.1 Å². The van der Waals surface area contributed by atoms with Gasteiger partial charge in [-0.2, -0.15) is 0 Å². The number of aryl methyl sites for hydroxylation is 1. The summed E-state index contributed by atoms with van der Waals surface area (Å²) in [6.07, 6.45) is 1.08. The van der Waals surface area contributed by atoms with Gasteiger partial charge in [0.25, 0.3) is 0 Å². The van der Waals surface area contributed by atoms with E-state index in [1.165, 1.54) is 4.70 Å². The maximum atomic E-state index is 12.0. The van der Waals surface area contributed by atoms with E-state index in [0.29, 0.717) is 17.2 Å². The summed E-state index contributed by atoms with van der Waals surface area (Å²) >= 11 is 12.9. The Hall–Kier alpha value is -1.08. The van der Waals surface area contributed by atoms with Gasteiger partial charge in [-0.15, -0.1) is 11.3 Å². The number of carbonyl (C=O) groups is 1. The molecule has 0 atom stereocenters. The molecule has 0 aliphatic carbocycles. The third-order valence-corrected chi connectivity index (χ3v) is 6.44. The Bertz CT molecular complexity index is 857. The van der Waals surface area contributed by atoms with E-state index in [1.807, 2.05) is 31.2 Å². The number of benzene rings is 2. The first kappa shape index (κ1) is 18.7. The van der Waals surface area contributed by atoms with Crippen molar-refractivity contribution >= 4 is 66.8 Å². The lowest BCUT2D eigenvalue weighted by atomic mass is 10.2. The van der Waals surface area contributed by atoms with Gasteiger partial charge in [-0.1, -0.05) is 51.4 Å². The number of hydrogen-bond donors (Lipinski definition) is 0. The van der Waals surface area contributed by atoms with Crippen molar-refractivity contribution in [1.29, 1.82) is 0 Å². The molecule has 0 amide bonds. The van der Waals surface area contributed by atoms with Gasteiger partial charge < -0.3 is 4.74 Å². The van der Waals surface area contributed by atoms with Crippen molar-refractivity contribution in [3.8, 4) is 5.75 Å². The summed E-state index contributed by atoms with van der Waals surface area (Å²) in [7, 11) is 0. The van der Waals surface area contributed by atoms with Gasteiger partial charge in [-0.05, 0) is 43.2 Å². The van der Waals surface area contributed by atoms with Crippen LogP contribution in [0.2, 0.25) is 5.02 Å². The second kappa shape index (κ2) is 8.54. The van der Waals surface area contributed by atoms with Crippen molar-refractivity contribution in [3.05, 3.63) is 51.5 Å². The molecule has 3 aromatic rings. The van der Waals surface area contributed by atoms with Crippen LogP contribution in [0.25, 0.3) is 10.2 Å². The van der Waals surface area contributed by atoms with Crippen LogP contribution in [0.1, 0.15) is 18.4 Å². The van der Waals surface area contributed by atoms with Crippen LogP contribution in [0.15, 0.2) is 45.2 Å². The summed E-state index contributed by atoms with van der Waals surface area (Å²) in [6, 6.07) is 11.7. The van der Waals surface area contributed by atoms with Crippen molar-refractivity contribution in [2.24, 2.45) is 0 Å². The van der Waals surface area contributed by atoms with Crippen LogP contribution < -0.4 is 4.74 Å². The Morgan fingerprint density at radius 1 is 1.36 bits per heavy atom. The van der Waals surface area contributed by atoms with E-state index in [0.717, 1.165) is 32.1 Å². The number of thioether (sulfide) groups is 1. The maximum absolute atomic E-state index is 12.0. The van der Waals surface area contributed by atoms with E-state index in [4.69, 9.17) is 16.3 Å². The van der Waals surface area contributed by atoms with Crippen LogP contribution in [-0.4, -0.2) is 16.7 Å². The largest absolute Gasteiger partial charge is 0.425 e. The van der Waals surface area contributed by atoms with E-state index in [1.54, 1.807) is 29.2 Å². The highest BCUT2D eigenvalue weighted by Crippen LogP contribution is 2.33. The van der Waals surface area contributed by atoms with Crippen molar-refractivity contribution in [1.82, 2.24) is 4.98 Å². The van der Waals surface area contributed by atoms with Crippen LogP contribution in [0.4, 0.5) is 0 Å². The summed E-state index contributed by atoms with van der Waals surface area (Å²) < 4.78 is 8.49. The number of carbonyl (C=O) groups excluding carboxylic acids is 1. The minimum absolute atomic E-state index is 0.266. The number of esters is 1. The van der Waals surface area contributed by atoms with Gasteiger partial charge >= 0.3 is 5.97 Å². The maximum Gasteiger partial charge on any atom is 0.311 e. The Kier molecular flexibility index (Phi) is 6.39. The fraction of sp³-hybridized carbons (Fsp3) is 0.222. The minimum atomic E-state index is -0.266. The monoisotopic (exact) mass is 455 g/mol. The predicted molar refractivity (Wildman–Crippen MR) is 109 cm³/mol. The number of halogens is 2. The standard InChI is InChI=1S/C18H15BrClNO2S2/c1-11-9-12(19)10-13(20)17(11)23-16(22)7-4-8-24-18-21-14-5-2-3-6-15(14)25-18/h2-3,5-6,9-10H,4,7-8H2,1H3. The van der Waals surface area contributed by atoms with Gasteiger partial charge in [0.2, 0.25) is 0 Å². The van der Waals surface area contributed by atoms with Crippen molar-refractivity contribution < 1.29 is 9.53 Å². The topological polar surface area (TPSA) is 39.2 Å².